The van der Waals surface area contributed by atoms with Gasteiger partial charge < -0.3 is 14.5 Å². The Labute approximate surface area is 166 Å². The molecule has 4 heterocycles. The summed E-state index contributed by atoms with van der Waals surface area (Å²) in [6.45, 7) is 4.31. The maximum absolute atomic E-state index is 13.3. The topological polar surface area (TPSA) is 83.1 Å². The monoisotopic (exact) mass is 408 g/mol. The summed E-state index contributed by atoms with van der Waals surface area (Å²) in [6, 6.07) is 3.59. The van der Waals surface area contributed by atoms with Crippen LogP contribution < -0.4 is 4.90 Å². The van der Waals surface area contributed by atoms with Crippen molar-refractivity contribution in [1.82, 2.24) is 14.2 Å². The number of rotatable bonds is 4. The molecule has 8 nitrogen and oxygen atoms in total. The third-order valence-corrected chi connectivity index (χ3v) is 8.15. The van der Waals surface area contributed by atoms with Crippen LogP contribution in [0, 0.1) is 0 Å². The Morgan fingerprint density at radius 3 is 2.57 bits per heavy atom. The van der Waals surface area contributed by atoms with Gasteiger partial charge in [0.2, 0.25) is 10.0 Å². The Kier molecular flexibility index (Phi) is 5.84. The number of hydrogen-bond acceptors (Lipinski definition) is 6. The normalized spacial score (nSPS) is 24.5. The highest BCUT2D eigenvalue weighted by Crippen LogP contribution is 2.26. The average Bonchev–Trinajstić information content (AvgIpc) is 3.29. The molecule has 1 aromatic heterocycles. The van der Waals surface area contributed by atoms with Crippen molar-refractivity contribution in [2.24, 2.45) is 0 Å². The Morgan fingerprint density at radius 1 is 1.07 bits per heavy atom. The number of sulfonamides is 1. The van der Waals surface area contributed by atoms with Crippen molar-refractivity contribution in [3.05, 3.63) is 23.9 Å². The second-order valence-corrected chi connectivity index (χ2v) is 9.85. The molecule has 3 fully saturated rings. The van der Waals surface area contributed by atoms with Gasteiger partial charge in [-0.1, -0.05) is 0 Å². The van der Waals surface area contributed by atoms with Crippen molar-refractivity contribution >= 4 is 21.7 Å². The number of nitrogens with zero attached hydrogens (tertiary/aromatic N) is 4. The minimum absolute atomic E-state index is 0.114. The van der Waals surface area contributed by atoms with E-state index in [4.69, 9.17) is 4.74 Å². The van der Waals surface area contributed by atoms with E-state index in [1.807, 2.05) is 6.07 Å². The molecule has 3 aliphatic heterocycles. The van der Waals surface area contributed by atoms with Crippen LogP contribution in [0.3, 0.4) is 0 Å². The highest BCUT2D eigenvalue weighted by atomic mass is 32.2. The highest BCUT2D eigenvalue weighted by molar-refractivity contribution is 7.89. The number of carbonyl (C=O) groups is 1. The maximum atomic E-state index is 13.3. The predicted molar refractivity (Wildman–Crippen MR) is 106 cm³/mol. The fourth-order valence-corrected chi connectivity index (χ4v) is 6.21. The first-order valence-corrected chi connectivity index (χ1v) is 11.6. The summed E-state index contributed by atoms with van der Waals surface area (Å²) in [5, 5.41) is -0.546. The van der Waals surface area contributed by atoms with Gasteiger partial charge in [-0.2, -0.15) is 4.31 Å². The summed E-state index contributed by atoms with van der Waals surface area (Å²) in [6.07, 6.45) is 5.21. The van der Waals surface area contributed by atoms with Crippen LogP contribution in [-0.2, 0) is 14.8 Å². The maximum Gasteiger partial charge on any atom is 0.257 e. The molecule has 9 heteroatoms. The minimum atomic E-state index is -3.43. The second-order valence-electron chi connectivity index (χ2n) is 7.64. The number of piperidine rings is 1. The number of aromatic nitrogens is 1. The Bertz CT molecular complexity index is 804. The van der Waals surface area contributed by atoms with Crippen LogP contribution in [0.15, 0.2) is 18.3 Å². The van der Waals surface area contributed by atoms with E-state index < -0.39 is 15.3 Å². The van der Waals surface area contributed by atoms with Gasteiger partial charge in [-0.05, 0) is 37.8 Å². The third kappa shape index (κ3) is 3.88. The number of likely N-dealkylation sites (tertiary alicyclic amines) is 1. The van der Waals surface area contributed by atoms with Crippen LogP contribution in [-0.4, -0.2) is 86.2 Å². The van der Waals surface area contributed by atoms with Crippen molar-refractivity contribution in [2.45, 2.75) is 30.9 Å². The van der Waals surface area contributed by atoms with E-state index in [1.165, 1.54) is 4.31 Å². The molecule has 0 saturated carbocycles. The van der Waals surface area contributed by atoms with E-state index in [9.17, 15) is 13.2 Å². The smallest absolute Gasteiger partial charge is 0.257 e. The molecule has 4 rings (SSSR count). The van der Waals surface area contributed by atoms with E-state index in [0.717, 1.165) is 31.7 Å². The number of carbonyl (C=O) groups excluding carboxylic acids is 1. The molecule has 1 aromatic rings. The van der Waals surface area contributed by atoms with Gasteiger partial charge in [0.1, 0.15) is 5.82 Å². The first kappa shape index (κ1) is 19.6. The molecule has 0 N–H and O–H groups in total. The number of pyridine rings is 1. The lowest BCUT2D eigenvalue weighted by atomic mass is 10.1. The van der Waals surface area contributed by atoms with E-state index in [0.29, 0.717) is 51.3 Å². The van der Waals surface area contributed by atoms with E-state index in [1.54, 1.807) is 17.2 Å². The molecule has 154 valence electrons. The van der Waals surface area contributed by atoms with Gasteiger partial charge in [-0.25, -0.2) is 13.4 Å². The molecule has 1 amide bonds. The third-order valence-electron chi connectivity index (χ3n) is 5.84. The lowest BCUT2D eigenvalue weighted by molar-refractivity contribution is 0.0686. The fourth-order valence-electron chi connectivity index (χ4n) is 4.29. The number of hydrogen-bond donors (Lipinski definition) is 0. The molecule has 0 radical (unpaired) electrons. The summed E-state index contributed by atoms with van der Waals surface area (Å²) in [5.41, 5.74) is 0.578. The van der Waals surface area contributed by atoms with Crippen molar-refractivity contribution in [1.29, 1.82) is 0 Å². The molecular formula is C19H28N4O4S. The summed E-state index contributed by atoms with van der Waals surface area (Å²) in [5.74, 6) is 0.611. The van der Waals surface area contributed by atoms with Gasteiger partial charge >= 0.3 is 0 Å². The molecule has 0 bridgehead atoms. The van der Waals surface area contributed by atoms with Gasteiger partial charge in [0, 0.05) is 45.5 Å². The average molecular weight is 409 g/mol. The summed E-state index contributed by atoms with van der Waals surface area (Å²) in [4.78, 5) is 21.6. The SMILES string of the molecule is O=C(c1cccnc1N1CCCC1)N1CCC[C@H](S(=O)(=O)N2CCOCC2)C1. The summed E-state index contributed by atoms with van der Waals surface area (Å²) < 4.78 is 32.9. The quantitative estimate of drug-likeness (QED) is 0.738. The van der Waals surface area contributed by atoms with E-state index >= 15 is 0 Å². The van der Waals surface area contributed by atoms with E-state index in [-0.39, 0.29) is 12.5 Å². The molecular weight excluding hydrogens is 380 g/mol. The lowest BCUT2D eigenvalue weighted by Crippen LogP contribution is -2.52. The van der Waals surface area contributed by atoms with Crippen LogP contribution in [0.4, 0.5) is 5.82 Å². The van der Waals surface area contributed by atoms with Crippen molar-refractivity contribution < 1.29 is 17.9 Å². The van der Waals surface area contributed by atoms with Crippen molar-refractivity contribution in [3.8, 4) is 0 Å². The van der Waals surface area contributed by atoms with E-state index in [2.05, 4.69) is 9.88 Å². The zero-order chi connectivity index (χ0) is 19.6. The largest absolute Gasteiger partial charge is 0.379 e. The van der Waals surface area contributed by atoms with Crippen LogP contribution in [0.25, 0.3) is 0 Å². The molecule has 0 aromatic carbocycles. The van der Waals surface area contributed by atoms with Crippen LogP contribution in [0.2, 0.25) is 0 Å². The lowest BCUT2D eigenvalue weighted by Gasteiger charge is -2.36. The Balaban J connectivity index is 1.51. The van der Waals surface area contributed by atoms with Gasteiger partial charge in [0.15, 0.2) is 0 Å². The molecule has 0 unspecified atom stereocenters. The molecule has 3 saturated heterocycles. The van der Waals surface area contributed by atoms with Crippen molar-refractivity contribution in [2.75, 3.05) is 57.4 Å². The number of anilines is 1. The van der Waals surface area contributed by atoms with Crippen LogP contribution in [0.5, 0.6) is 0 Å². The molecule has 28 heavy (non-hydrogen) atoms. The molecule has 1 atom stereocenters. The number of amides is 1. The molecule has 0 aliphatic carbocycles. The molecule has 3 aliphatic rings. The number of ether oxygens (including phenoxy) is 1. The zero-order valence-corrected chi connectivity index (χ0v) is 16.9. The summed E-state index contributed by atoms with van der Waals surface area (Å²) in [7, 11) is -3.43. The predicted octanol–water partition coefficient (Wildman–Crippen LogP) is 0.948. The van der Waals surface area contributed by atoms with Crippen molar-refractivity contribution in [3.63, 3.8) is 0 Å². The Morgan fingerprint density at radius 2 is 1.82 bits per heavy atom. The second kappa shape index (κ2) is 8.34. The summed E-state index contributed by atoms with van der Waals surface area (Å²) >= 11 is 0. The first-order chi connectivity index (χ1) is 13.6. The molecule has 0 spiro atoms. The van der Waals surface area contributed by atoms with Gasteiger partial charge in [-0.15, -0.1) is 0 Å². The van der Waals surface area contributed by atoms with Gasteiger partial charge in [0.05, 0.1) is 24.0 Å². The van der Waals surface area contributed by atoms with Crippen LogP contribution in [0.1, 0.15) is 36.0 Å². The standard InChI is InChI=1S/C19H28N4O4S/c24-19(17-6-3-7-20-18(17)21-8-1-2-9-21)22-10-4-5-16(15-22)28(25,26)23-11-13-27-14-12-23/h3,6-7,16H,1-2,4-5,8-15H2/t16-/m0/s1. The number of morpholine rings is 1. The zero-order valence-electron chi connectivity index (χ0n) is 16.1. The fraction of sp³-hybridized carbons (Fsp3) is 0.684. The van der Waals surface area contributed by atoms with Crippen LogP contribution >= 0.6 is 0 Å². The highest BCUT2D eigenvalue weighted by Gasteiger charge is 2.38. The van der Waals surface area contributed by atoms with Gasteiger partial charge in [-0.3, -0.25) is 4.79 Å². The first-order valence-electron chi connectivity index (χ1n) is 10.1. The minimum Gasteiger partial charge on any atom is -0.379 e. The Hall–Kier alpha value is -1.71. The van der Waals surface area contributed by atoms with Gasteiger partial charge in [0.25, 0.3) is 5.91 Å².